The van der Waals surface area contributed by atoms with E-state index in [9.17, 15) is 4.79 Å². The molecule has 1 aromatic carbocycles. The summed E-state index contributed by atoms with van der Waals surface area (Å²) in [6.07, 6.45) is 11.0. The zero-order chi connectivity index (χ0) is 25.6. The molecule has 0 aliphatic carbocycles. The number of anilines is 1. The molecule has 3 aliphatic rings. The Hall–Kier alpha value is -3.78. The molecule has 38 heavy (non-hydrogen) atoms. The van der Waals surface area contributed by atoms with Crippen molar-refractivity contribution >= 4 is 17.4 Å². The summed E-state index contributed by atoms with van der Waals surface area (Å²) in [4.78, 5) is 25.4. The van der Waals surface area contributed by atoms with Crippen molar-refractivity contribution in [2.24, 2.45) is 0 Å². The van der Waals surface area contributed by atoms with Crippen molar-refractivity contribution in [3.63, 3.8) is 0 Å². The van der Waals surface area contributed by atoms with Gasteiger partial charge in [0, 0.05) is 52.6 Å². The number of benzene rings is 1. The van der Waals surface area contributed by atoms with Crippen LogP contribution in [0, 0.1) is 0 Å². The van der Waals surface area contributed by atoms with E-state index < -0.39 is 0 Å². The number of piperidine rings is 2. The van der Waals surface area contributed by atoms with Crippen LogP contribution in [0.3, 0.4) is 0 Å². The number of nitrogen functional groups attached to an aromatic ring is 1. The Balaban J connectivity index is 1.16. The minimum Gasteiger partial charge on any atom is -0.384 e. The summed E-state index contributed by atoms with van der Waals surface area (Å²) in [5.41, 5.74) is 12.1. The Morgan fingerprint density at radius 1 is 0.947 bits per heavy atom. The Morgan fingerprint density at radius 2 is 1.76 bits per heavy atom. The zero-order valence-corrected chi connectivity index (χ0v) is 21.5. The maximum Gasteiger partial charge on any atom is 0.240 e. The molecule has 8 heteroatoms. The van der Waals surface area contributed by atoms with E-state index in [1.54, 1.807) is 4.52 Å². The van der Waals surface area contributed by atoms with E-state index in [1.807, 2.05) is 42.7 Å². The molecular weight excluding hydrogens is 474 g/mol. The third-order valence-corrected chi connectivity index (χ3v) is 8.68. The number of fused-ring (bicyclic) bond motifs is 3. The molecule has 194 valence electrons. The molecule has 3 aliphatic heterocycles. The highest BCUT2D eigenvalue weighted by molar-refractivity contribution is 5.83. The quantitative estimate of drug-likeness (QED) is 0.424. The Labute approximate surface area is 222 Å². The van der Waals surface area contributed by atoms with Crippen LogP contribution in [0.1, 0.15) is 56.6 Å². The molecule has 8 nitrogen and oxygen atoms in total. The Kier molecular flexibility index (Phi) is 5.84. The van der Waals surface area contributed by atoms with Crippen LogP contribution in [0.15, 0.2) is 60.9 Å². The highest BCUT2D eigenvalue weighted by atomic mass is 16.2. The fourth-order valence-corrected chi connectivity index (χ4v) is 6.77. The monoisotopic (exact) mass is 507 g/mol. The van der Waals surface area contributed by atoms with E-state index in [0.717, 1.165) is 85.2 Å². The van der Waals surface area contributed by atoms with Crippen molar-refractivity contribution < 1.29 is 4.79 Å². The number of carbonyl (C=O) groups excluding carboxylic acids is 1. The van der Waals surface area contributed by atoms with E-state index >= 15 is 0 Å². The molecular formula is C30H33N7O. The fourth-order valence-electron chi connectivity index (χ4n) is 6.77. The van der Waals surface area contributed by atoms with Gasteiger partial charge in [0.15, 0.2) is 5.65 Å². The third-order valence-electron chi connectivity index (χ3n) is 8.68. The Morgan fingerprint density at radius 3 is 2.47 bits per heavy atom. The second-order valence-corrected chi connectivity index (χ2v) is 11.0. The second-order valence-electron chi connectivity index (χ2n) is 11.0. The van der Waals surface area contributed by atoms with Crippen LogP contribution in [-0.4, -0.2) is 55.1 Å². The number of rotatable bonds is 4. The number of hydrogen-bond acceptors (Lipinski definition) is 6. The topological polar surface area (TPSA) is 101 Å². The van der Waals surface area contributed by atoms with Gasteiger partial charge < -0.3 is 16.0 Å². The number of hydrogen-bond donors (Lipinski definition) is 2. The van der Waals surface area contributed by atoms with Crippen LogP contribution < -0.4 is 11.1 Å². The summed E-state index contributed by atoms with van der Waals surface area (Å²) < 4.78 is 1.71. The number of nitrogens with zero attached hydrogens (tertiary/aromatic N) is 5. The molecule has 7 rings (SSSR count). The van der Waals surface area contributed by atoms with Crippen molar-refractivity contribution in [1.82, 2.24) is 29.8 Å². The van der Waals surface area contributed by atoms with E-state index in [1.165, 1.54) is 0 Å². The molecule has 1 amide bonds. The highest BCUT2D eigenvalue weighted by Crippen LogP contribution is 2.44. The van der Waals surface area contributed by atoms with Gasteiger partial charge in [-0.15, -0.1) is 0 Å². The summed E-state index contributed by atoms with van der Waals surface area (Å²) >= 11 is 0. The molecule has 3 aromatic heterocycles. The van der Waals surface area contributed by atoms with Crippen molar-refractivity contribution in [2.75, 3.05) is 12.3 Å². The predicted molar refractivity (Wildman–Crippen MR) is 147 cm³/mol. The van der Waals surface area contributed by atoms with Gasteiger partial charge in [-0.25, -0.2) is 4.98 Å². The van der Waals surface area contributed by atoms with Gasteiger partial charge in [-0.3, -0.25) is 9.78 Å². The molecule has 3 saturated heterocycles. The van der Waals surface area contributed by atoms with E-state index in [0.29, 0.717) is 11.7 Å². The van der Waals surface area contributed by atoms with Crippen molar-refractivity contribution in [3.8, 4) is 22.4 Å². The lowest BCUT2D eigenvalue weighted by Gasteiger charge is -2.41. The molecule has 4 aromatic rings. The standard InChI is InChI=1S/C30H33N7O/c31-28-16-27(21-14-22-10-11-23(15-21)36(22)30(38)26-8-4-5-13-32-26)35-29-24(18-34-37(28)29)20-9-12-25(33-17-20)19-6-2-1-3-7-19/h1-3,6-7,9,12,16-18,21-23,26,32H,4-5,8,10-11,13-15,31H2/t21-,22-,23+,26-/m1/s1. The SMILES string of the molecule is Nc1cc([C@@H]2C[C@H]3CC[C@@H](C2)N3C(=O)[C@H]2CCCCN2)nc2c(-c3ccc(-c4ccccc4)nc3)cnn12. The first-order valence-electron chi connectivity index (χ1n) is 13.9. The first-order chi connectivity index (χ1) is 18.7. The maximum absolute atomic E-state index is 13.4. The van der Waals surface area contributed by atoms with Crippen LogP contribution in [0.2, 0.25) is 0 Å². The molecule has 0 unspecified atom stereocenters. The van der Waals surface area contributed by atoms with Gasteiger partial charge in [-0.05, 0) is 51.1 Å². The number of nitrogens with one attached hydrogen (secondary N) is 1. The largest absolute Gasteiger partial charge is 0.384 e. The van der Waals surface area contributed by atoms with Gasteiger partial charge in [0.2, 0.25) is 5.91 Å². The number of amides is 1. The summed E-state index contributed by atoms with van der Waals surface area (Å²) in [7, 11) is 0. The molecule has 0 spiro atoms. The molecule has 2 bridgehead atoms. The second kappa shape index (κ2) is 9.51. The fraction of sp³-hybridized carbons (Fsp3) is 0.400. The van der Waals surface area contributed by atoms with Crippen molar-refractivity contribution in [3.05, 3.63) is 66.6 Å². The first-order valence-corrected chi connectivity index (χ1v) is 13.9. The Bertz CT molecular complexity index is 1450. The van der Waals surface area contributed by atoms with E-state index in [2.05, 4.69) is 33.5 Å². The molecule has 4 atom stereocenters. The smallest absolute Gasteiger partial charge is 0.240 e. The van der Waals surface area contributed by atoms with Gasteiger partial charge in [0.25, 0.3) is 0 Å². The lowest BCUT2D eigenvalue weighted by molar-refractivity contribution is -0.138. The van der Waals surface area contributed by atoms with E-state index in [-0.39, 0.29) is 24.0 Å². The van der Waals surface area contributed by atoms with Crippen molar-refractivity contribution in [2.45, 2.75) is 69.0 Å². The molecule has 3 N–H and O–H groups in total. The van der Waals surface area contributed by atoms with Gasteiger partial charge in [-0.2, -0.15) is 9.61 Å². The lowest BCUT2D eigenvalue weighted by Crippen LogP contribution is -2.54. The van der Waals surface area contributed by atoms with Crippen LogP contribution >= 0.6 is 0 Å². The lowest BCUT2D eigenvalue weighted by atomic mass is 9.87. The summed E-state index contributed by atoms with van der Waals surface area (Å²) in [5, 5.41) is 7.98. The van der Waals surface area contributed by atoms with Crippen molar-refractivity contribution in [1.29, 1.82) is 0 Å². The number of nitrogens with two attached hydrogens (primary N) is 1. The zero-order valence-electron chi connectivity index (χ0n) is 21.5. The molecule has 3 fully saturated rings. The number of aromatic nitrogens is 4. The van der Waals surface area contributed by atoms with E-state index in [4.69, 9.17) is 15.7 Å². The van der Waals surface area contributed by atoms with Crippen LogP contribution in [0.5, 0.6) is 0 Å². The predicted octanol–water partition coefficient (Wildman–Crippen LogP) is 4.42. The summed E-state index contributed by atoms with van der Waals surface area (Å²) in [6.45, 7) is 0.948. The highest BCUT2D eigenvalue weighted by Gasteiger charge is 2.45. The molecule has 0 radical (unpaired) electrons. The summed E-state index contributed by atoms with van der Waals surface area (Å²) in [6, 6.07) is 16.8. The molecule has 0 saturated carbocycles. The minimum atomic E-state index is -0.00948. The van der Waals surface area contributed by atoms with Gasteiger partial charge >= 0.3 is 0 Å². The third kappa shape index (κ3) is 4.04. The number of pyridine rings is 1. The normalized spacial score (nSPS) is 25.1. The summed E-state index contributed by atoms with van der Waals surface area (Å²) in [5.74, 6) is 1.18. The minimum absolute atomic E-state index is 0.00948. The van der Waals surface area contributed by atoms with Gasteiger partial charge in [0.1, 0.15) is 5.82 Å². The first kappa shape index (κ1) is 23.3. The van der Waals surface area contributed by atoms with Crippen LogP contribution in [0.25, 0.3) is 28.0 Å². The van der Waals surface area contributed by atoms with Crippen LogP contribution in [0.4, 0.5) is 5.82 Å². The van der Waals surface area contributed by atoms with Crippen LogP contribution in [-0.2, 0) is 4.79 Å². The average molecular weight is 508 g/mol. The number of carbonyl (C=O) groups is 1. The van der Waals surface area contributed by atoms with Gasteiger partial charge in [0.05, 0.1) is 17.9 Å². The maximum atomic E-state index is 13.4. The molecule has 6 heterocycles. The van der Waals surface area contributed by atoms with Gasteiger partial charge in [-0.1, -0.05) is 42.8 Å². The average Bonchev–Trinajstić information content (AvgIpc) is 3.52.